The maximum Gasteiger partial charge on any atom is 0.298 e. The predicted molar refractivity (Wildman–Crippen MR) is 104 cm³/mol. The number of anilines is 1. The molecule has 3 heterocycles. The van der Waals surface area contributed by atoms with E-state index in [1.807, 2.05) is 18.2 Å². The monoisotopic (exact) mass is 381 g/mol. The molecule has 0 bridgehead atoms. The van der Waals surface area contributed by atoms with Gasteiger partial charge < -0.3 is 9.47 Å². The molecule has 1 aromatic carbocycles. The molecule has 1 aliphatic heterocycles. The number of rotatable bonds is 5. The number of hydrogen-bond acceptors (Lipinski definition) is 6. The third-order valence-electron chi connectivity index (χ3n) is 4.25. The van der Waals surface area contributed by atoms with E-state index >= 15 is 0 Å². The van der Waals surface area contributed by atoms with Crippen LogP contribution >= 0.6 is 11.3 Å². The van der Waals surface area contributed by atoms with Crippen molar-refractivity contribution in [1.82, 2.24) is 9.97 Å². The van der Waals surface area contributed by atoms with Crippen molar-refractivity contribution in [1.29, 1.82) is 0 Å². The Bertz CT molecular complexity index is 985. The number of fused-ring (bicyclic) bond motifs is 1. The van der Waals surface area contributed by atoms with Gasteiger partial charge in [0.1, 0.15) is 19.5 Å². The van der Waals surface area contributed by atoms with Crippen LogP contribution in [0.5, 0.6) is 0 Å². The number of thiazole rings is 1. The highest BCUT2D eigenvalue weighted by molar-refractivity contribution is 7.22. The average Bonchev–Trinajstić information content (AvgIpc) is 3.15. The number of carbonyl (C=O) groups excluding carboxylic acids is 1. The molecule has 0 atom stereocenters. The molecule has 0 unspecified atom stereocenters. The van der Waals surface area contributed by atoms with E-state index in [1.54, 1.807) is 17.3 Å². The fraction of sp³-hybridized carbons (Fsp3) is 0.250. The molecule has 3 aromatic rings. The van der Waals surface area contributed by atoms with Crippen LogP contribution in [0.15, 0.2) is 54.7 Å². The number of carbonyl (C=O) groups is 1. The van der Waals surface area contributed by atoms with Gasteiger partial charge in [-0.15, -0.1) is 0 Å². The van der Waals surface area contributed by atoms with Crippen LogP contribution in [0.4, 0.5) is 5.13 Å². The molecule has 0 spiro atoms. The summed E-state index contributed by atoms with van der Waals surface area (Å²) in [5, 5.41) is 0.627. The number of nitrogens with zero attached hydrogens (tertiary/aromatic N) is 3. The van der Waals surface area contributed by atoms with Gasteiger partial charge in [-0.1, -0.05) is 30.4 Å². The van der Waals surface area contributed by atoms with E-state index in [0.29, 0.717) is 24.9 Å². The SMILES string of the molecule is CCc1ccc2nc(N(Cc3cccnc3)C(=O)C3=COCCO3)sc2c1. The maximum absolute atomic E-state index is 13.1. The van der Waals surface area contributed by atoms with Crippen molar-refractivity contribution in [3.8, 4) is 0 Å². The van der Waals surface area contributed by atoms with Crippen LogP contribution in [0.2, 0.25) is 0 Å². The van der Waals surface area contributed by atoms with Gasteiger partial charge >= 0.3 is 0 Å². The van der Waals surface area contributed by atoms with Gasteiger partial charge in [0.2, 0.25) is 5.76 Å². The molecule has 0 N–H and O–H groups in total. The molecule has 138 valence electrons. The number of amides is 1. The summed E-state index contributed by atoms with van der Waals surface area (Å²) in [4.78, 5) is 23.5. The van der Waals surface area contributed by atoms with Gasteiger partial charge in [0.15, 0.2) is 5.13 Å². The Hall–Kier alpha value is -2.93. The Balaban J connectivity index is 1.72. The Morgan fingerprint density at radius 2 is 2.19 bits per heavy atom. The second-order valence-corrected chi connectivity index (χ2v) is 7.12. The Kier molecular flexibility index (Phi) is 5.02. The van der Waals surface area contributed by atoms with Crippen molar-refractivity contribution in [2.45, 2.75) is 19.9 Å². The highest BCUT2D eigenvalue weighted by atomic mass is 32.1. The van der Waals surface area contributed by atoms with Crippen LogP contribution in [-0.4, -0.2) is 29.1 Å². The zero-order chi connectivity index (χ0) is 18.6. The molecular formula is C20H19N3O3S. The van der Waals surface area contributed by atoms with Gasteiger partial charge in [-0.05, 0) is 35.7 Å². The molecule has 7 heteroatoms. The predicted octanol–water partition coefficient (Wildman–Crippen LogP) is 3.68. The van der Waals surface area contributed by atoms with Crippen LogP contribution in [0.25, 0.3) is 10.2 Å². The van der Waals surface area contributed by atoms with Crippen molar-refractivity contribution in [3.05, 3.63) is 65.9 Å². The minimum Gasteiger partial charge on any atom is -0.494 e. The minimum atomic E-state index is -0.270. The van der Waals surface area contributed by atoms with Crippen LogP contribution in [-0.2, 0) is 27.2 Å². The van der Waals surface area contributed by atoms with E-state index in [0.717, 1.165) is 22.2 Å². The molecule has 0 aliphatic carbocycles. The molecule has 0 saturated carbocycles. The summed E-state index contributed by atoms with van der Waals surface area (Å²) in [5.41, 5.74) is 3.04. The topological polar surface area (TPSA) is 64.6 Å². The Morgan fingerprint density at radius 1 is 1.26 bits per heavy atom. The standard InChI is InChI=1S/C20H19N3O3S/c1-2-14-5-6-16-18(10-14)27-20(22-16)23(12-15-4-3-7-21-11-15)19(24)17-13-25-8-9-26-17/h3-7,10-11,13H,2,8-9,12H2,1H3. The molecule has 1 aliphatic rings. The first-order valence-electron chi connectivity index (χ1n) is 8.79. The molecule has 0 saturated heterocycles. The lowest BCUT2D eigenvalue weighted by Crippen LogP contribution is -2.33. The second kappa shape index (κ2) is 7.75. The number of aryl methyl sites for hydroxylation is 1. The van der Waals surface area contributed by atoms with Crippen molar-refractivity contribution in [2.24, 2.45) is 0 Å². The summed E-state index contributed by atoms with van der Waals surface area (Å²) in [7, 11) is 0. The van der Waals surface area contributed by atoms with Crippen molar-refractivity contribution >= 4 is 32.6 Å². The number of benzene rings is 1. The molecular weight excluding hydrogens is 362 g/mol. The second-order valence-electron chi connectivity index (χ2n) is 6.11. The lowest BCUT2D eigenvalue weighted by molar-refractivity contribution is -0.119. The molecule has 27 heavy (non-hydrogen) atoms. The molecule has 6 nitrogen and oxygen atoms in total. The fourth-order valence-electron chi connectivity index (χ4n) is 2.81. The van der Waals surface area contributed by atoms with Gasteiger partial charge in [0.05, 0.1) is 16.8 Å². The van der Waals surface area contributed by atoms with Crippen LogP contribution < -0.4 is 4.90 Å². The van der Waals surface area contributed by atoms with Gasteiger partial charge in [-0.25, -0.2) is 4.98 Å². The van der Waals surface area contributed by atoms with Gasteiger partial charge in [-0.2, -0.15) is 0 Å². The molecule has 4 rings (SSSR count). The van der Waals surface area contributed by atoms with E-state index in [1.165, 1.54) is 23.2 Å². The van der Waals surface area contributed by atoms with Gasteiger partial charge in [-0.3, -0.25) is 14.7 Å². The largest absolute Gasteiger partial charge is 0.494 e. The normalized spacial score (nSPS) is 13.6. The summed E-state index contributed by atoms with van der Waals surface area (Å²) in [6.07, 6.45) is 5.79. The maximum atomic E-state index is 13.1. The summed E-state index contributed by atoms with van der Waals surface area (Å²) in [6.45, 7) is 3.28. The van der Waals surface area contributed by atoms with Crippen LogP contribution in [0, 0.1) is 0 Å². The summed E-state index contributed by atoms with van der Waals surface area (Å²) >= 11 is 1.50. The summed E-state index contributed by atoms with van der Waals surface area (Å²) in [5.74, 6) is -0.0769. The smallest absolute Gasteiger partial charge is 0.298 e. The summed E-state index contributed by atoms with van der Waals surface area (Å²) in [6, 6.07) is 9.98. The molecule has 0 fully saturated rings. The van der Waals surface area contributed by atoms with E-state index in [2.05, 4.69) is 29.0 Å². The quantitative estimate of drug-likeness (QED) is 0.675. The fourth-order valence-corrected chi connectivity index (χ4v) is 3.83. The average molecular weight is 381 g/mol. The van der Waals surface area contributed by atoms with E-state index in [9.17, 15) is 4.79 Å². The van der Waals surface area contributed by atoms with Crippen molar-refractivity contribution < 1.29 is 14.3 Å². The Labute approximate surface area is 161 Å². The number of pyridine rings is 1. The molecule has 2 aromatic heterocycles. The zero-order valence-corrected chi connectivity index (χ0v) is 15.7. The molecule has 1 amide bonds. The van der Waals surface area contributed by atoms with Gasteiger partial charge in [0.25, 0.3) is 5.91 Å². The van der Waals surface area contributed by atoms with Gasteiger partial charge in [0, 0.05) is 12.4 Å². The van der Waals surface area contributed by atoms with Crippen molar-refractivity contribution in [2.75, 3.05) is 18.1 Å². The first-order valence-corrected chi connectivity index (χ1v) is 9.61. The minimum absolute atomic E-state index is 0.193. The highest BCUT2D eigenvalue weighted by Gasteiger charge is 2.26. The van der Waals surface area contributed by atoms with Crippen LogP contribution in [0.1, 0.15) is 18.1 Å². The summed E-state index contributed by atoms with van der Waals surface area (Å²) < 4.78 is 11.8. The van der Waals surface area contributed by atoms with Crippen LogP contribution in [0.3, 0.4) is 0 Å². The number of aromatic nitrogens is 2. The lowest BCUT2D eigenvalue weighted by atomic mass is 10.2. The van der Waals surface area contributed by atoms with E-state index in [-0.39, 0.29) is 11.7 Å². The lowest BCUT2D eigenvalue weighted by Gasteiger charge is -2.23. The zero-order valence-electron chi connectivity index (χ0n) is 14.9. The highest BCUT2D eigenvalue weighted by Crippen LogP contribution is 2.31. The van der Waals surface area contributed by atoms with Crippen molar-refractivity contribution in [3.63, 3.8) is 0 Å². The third kappa shape index (κ3) is 3.78. The first-order chi connectivity index (χ1) is 13.2. The number of ether oxygens (including phenoxy) is 2. The third-order valence-corrected chi connectivity index (χ3v) is 5.29. The molecule has 0 radical (unpaired) electrons. The number of hydrogen-bond donors (Lipinski definition) is 0. The first kappa shape index (κ1) is 17.5. The Morgan fingerprint density at radius 3 is 2.93 bits per heavy atom. The van der Waals surface area contributed by atoms with E-state index < -0.39 is 0 Å². The van der Waals surface area contributed by atoms with E-state index in [4.69, 9.17) is 9.47 Å².